The third kappa shape index (κ3) is 3.83. The maximum atomic E-state index is 12.9. The van der Waals surface area contributed by atoms with Crippen LogP contribution in [0, 0.1) is 0 Å². The molecule has 3 heterocycles. The molecular weight excluding hydrogens is 348 g/mol. The van der Waals surface area contributed by atoms with E-state index in [-0.39, 0.29) is 5.91 Å². The van der Waals surface area contributed by atoms with E-state index in [0.29, 0.717) is 24.1 Å². The van der Waals surface area contributed by atoms with Crippen molar-refractivity contribution in [3.8, 4) is 0 Å². The highest BCUT2D eigenvalue weighted by Gasteiger charge is 2.34. The molecule has 0 saturated heterocycles. The van der Waals surface area contributed by atoms with Gasteiger partial charge in [0, 0.05) is 44.4 Å². The number of carbonyl (C=O) groups is 1. The summed E-state index contributed by atoms with van der Waals surface area (Å²) in [6, 6.07) is 7.85. The number of imidazole rings is 1. The van der Waals surface area contributed by atoms with Gasteiger partial charge in [-0.05, 0) is 42.7 Å². The molecule has 3 aromatic heterocycles. The van der Waals surface area contributed by atoms with Gasteiger partial charge >= 0.3 is 0 Å². The molecule has 0 N–H and O–H groups in total. The van der Waals surface area contributed by atoms with Crippen LogP contribution in [0.2, 0.25) is 0 Å². The van der Waals surface area contributed by atoms with E-state index in [1.807, 2.05) is 40.9 Å². The Morgan fingerprint density at radius 2 is 2.08 bits per heavy atom. The van der Waals surface area contributed by atoms with E-state index in [4.69, 9.17) is 4.42 Å². The SMILES string of the molecule is Cn1ccnc1SCc1ccc(C(=O)N(Cc2ccncc2)C2CC2)o1. The van der Waals surface area contributed by atoms with Crippen molar-refractivity contribution in [2.45, 2.75) is 36.3 Å². The van der Waals surface area contributed by atoms with Gasteiger partial charge in [0.05, 0.1) is 5.75 Å². The van der Waals surface area contributed by atoms with Gasteiger partial charge in [-0.1, -0.05) is 11.8 Å². The number of hydrogen-bond donors (Lipinski definition) is 0. The first-order valence-electron chi connectivity index (χ1n) is 8.59. The molecule has 1 amide bonds. The van der Waals surface area contributed by atoms with Crippen molar-refractivity contribution >= 4 is 17.7 Å². The quantitative estimate of drug-likeness (QED) is 0.597. The number of hydrogen-bond acceptors (Lipinski definition) is 5. The third-order valence-electron chi connectivity index (χ3n) is 4.34. The van der Waals surface area contributed by atoms with Gasteiger partial charge in [0.1, 0.15) is 5.76 Å². The minimum atomic E-state index is -0.0439. The van der Waals surface area contributed by atoms with Crippen LogP contribution < -0.4 is 0 Å². The minimum Gasteiger partial charge on any atom is -0.455 e. The molecule has 0 unspecified atom stereocenters. The smallest absolute Gasteiger partial charge is 0.290 e. The van der Waals surface area contributed by atoms with E-state index in [1.54, 1.807) is 36.4 Å². The Bertz CT molecular complexity index is 886. The Balaban J connectivity index is 1.43. The van der Waals surface area contributed by atoms with Crippen molar-refractivity contribution in [1.82, 2.24) is 19.4 Å². The van der Waals surface area contributed by atoms with E-state index in [2.05, 4.69) is 9.97 Å². The molecule has 1 aliphatic rings. The molecule has 0 bridgehead atoms. The first-order chi connectivity index (χ1) is 12.7. The maximum absolute atomic E-state index is 12.9. The predicted molar refractivity (Wildman–Crippen MR) is 98.6 cm³/mol. The summed E-state index contributed by atoms with van der Waals surface area (Å²) in [7, 11) is 1.96. The number of aromatic nitrogens is 3. The van der Waals surface area contributed by atoms with Crippen LogP contribution >= 0.6 is 11.8 Å². The van der Waals surface area contributed by atoms with E-state index >= 15 is 0 Å². The summed E-state index contributed by atoms with van der Waals surface area (Å²) in [4.78, 5) is 23.2. The van der Waals surface area contributed by atoms with Crippen LogP contribution in [-0.4, -0.2) is 31.4 Å². The molecule has 0 radical (unpaired) electrons. The van der Waals surface area contributed by atoms with Crippen molar-refractivity contribution < 1.29 is 9.21 Å². The average Bonchev–Trinajstić information content (AvgIpc) is 3.25. The lowest BCUT2D eigenvalue weighted by Gasteiger charge is -2.21. The summed E-state index contributed by atoms with van der Waals surface area (Å²) in [6.45, 7) is 0.587. The summed E-state index contributed by atoms with van der Waals surface area (Å²) >= 11 is 1.59. The maximum Gasteiger partial charge on any atom is 0.290 e. The number of aryl methyl sites for hydroxylation is 1. The normalized spacial score (nSPS) is 13.7. The number of furan rings is 1. The third-order valence-corrected chi connectivity index (χ3v) is 5.42. The highest BCUT2D eigenvalue weighted by molar-refractivity contribution is 7.98. The van der Waals surface area contributed by atoms with Gasteiger partial charge < -0.3 is 13.9 Å². The largest absolute Gasteiger partial charge is 0.455 e. The summed E-state index contributed by atoms with van der Waals surface area (Å²) in [5, 5.41) is 0.923. The molecule has 3 aromatic rings. The van der Waals surface area contributed by atoms with E-state index in [0.717, 1.165) is 29.3 Å². The fraction of sp³-hybridized carbons (Fsp3) is 0.316. The van der Waals surface area contributed by atoms with Gasteiger partial charge in [0.25, 0.3) is 5.91 Å². The Kier molecular flexibility index (Phi) is 4.79. The lowest BCUT2D eigenvalue weighted by Crippen LogP contribution is -2.32. The molecule has 0 spiro atoms. The second-order valence-corrected chi connectivity index (χ2v) is 7.34. The second kappa shape index (κ2) is 7.37. The number of rotatable bonds is 7. The van der Waals surface area contributed by atoms with Crippen molar-refractivity contribution in [3.05, 3.63) is 66.1 Å². The van der Waals surface area contributed by atoms with E-state index in [9.17, 15) is 4.79 Å². The molecule has 1 saturated carbocycles. The fourth-order valence-corrected chi connectivity index (χ4v) is 3.60. The first kappa shape index (κ1) is 16.9. The summed E-state index contributed by atoms with van der Waals surface area (Å²) in [6.07, 6.45) is 9.30. The lowest BCUT2D eigenvalue weighted by atomic mass is 10.2. The number of pyridine rings is 1. The monoisotopic (exact) mass is 368 g/mol. The summed E-state index contributed by atoms with van der Waals surface area (Å²) in [5.74, 6) is 1.78. The summed E-state index contributed by atoms with van der Waals surface area (Å²) < 4.78 is 7.78. The molecular formula is C19H20N4O2S. The van der Waals surface area contributed by atoms with Gasteiger partial charge in [0.15, 0.2) is 10.9 Å². The highest BCUT2D eigenvalue weighted by atomic mass is 32.2. The number of amides is 1. The van der Waals surface area contributed by atoms with E-state index in [1.165, 1.54) is 0 Å². The molecule has 0 aromatic carbocycles. The van der Waals surface area contributed by atoms with Crippen molar-refractivity contribution in [2.24, 2.45) is 7.05 Å². The molecule has 0 aliphatic heterocycles. The molecule has 26 heavy (non-hydrogen) atoms. The van der Waals surface area contributed by atoms with Gasteiger partial charge in [-0.25, -0.2) is 4.98 Å². The fourth-order valence-electron chi connectivity index (χ4n) is 2.78. The van der Waals surface area contributed by atoms with Gasteiger partial charge in [-0.3, -0.25) is 9.78 Å². The van der Waals surface area contributed by atoms with Crippen LogP contribution in [0.3, 0.4) is 0 Å². The van der Waals surface area contributed by atoms with Crippen LogP contribution in [0.1, 0.15) is 34.7 Å². The number of carbonyl (C=O) groups excluding carboxylic acids is 1. The van der Waals surface area contributed by atoms with E-state index < -0.39 is 0 Å². The van der Waals surface area contributed by atoms with Crippen LogP contribution in [-0.2, 0) is 19.3 Å². The number of thioether (sulfide) groups is 1. The van der Waals surface area contributed by atoms with Gasteiger partial charge in [0.2, 0.25) is 0 Å². The Labute approximate surface area is 156 Å². The van der Waals surface area contributed by atoms with Crippen LogP contribution in [0.25, 0.3) is 0 Å². The van der Waals surface area contributed by atoms with Crippen molar-refractivity contribution in [2.75, 3.05) is 0 Å². The van der Waals surface area contributed by atoms with Crippen LogP contribution in [0.15, 0.2) is 58.6 Å². The van der Waals surface area contributed by atoms with Crippen LogP contribution in [0.4, 0.5) is 0 Å². The zero-order valence-electron chi connectivity index (χ0n) is 14.5. The number of nitrogens with zero attached hydrogens (tertiary/aromatic N) is 4. The molecule has 6 nitrogen and oxygen atoms in total. The molecule has 4 rings (SSSR count). The molecule has 7 heteroatoms. The molecule has 134 valence electrons. The first-order valence-corrected chi connectivity index (χ1v) is 9.58. The van der Waals surface area contributed by atoms with Crippen molar-refractivity contribution in [3.63, 3.8) is 0 Å². The second-order valence-electron chi connectivity index (χ2n) is 6.40. The predicted octanol–water partition coefficient (Wildman–Crippen LogP) is 3.51. The molecule has 0 atom stereocenters. The lowest BCUT2D eigenvalue weighted by molar-refractivity contribution is 0.0696. The zero-order chi connectivity index (χ0) is 17.9. The topological polar surface area (TPSA) is 64.2 Å². The van der Waals surface area contributed by atoms with Gasteiger partial charge in [-0.2, -0.15) is 0 Å². The minimum absolute atomic E-state index is 0.0439. The summed E-state index contributed by atoms with van der Waals surface area (Å²) in [5.41, 5.74) is 1.08. The molecule has 1 fully saturated rings. The Morgan fingerprint density at radius 3 is 2.77 bits per heavy atom. The molecule has 1 aliphatic carbocycles. The standard InChI is InChI=1S/C19H20N4O2S/c1-22-11-10-21-19(22)26-13-16-4-5-17(25-16)18(24)23(15-2-3-15)12-14-6-8-20-9-7-14/h4-11,15H,2-3,12-13H2,1H3. The van der Waals surface area contributed by atoms with Gasteiger partial charge in [-0.15, -0.1) is 0 Å². The Hall–Kier alpha value is -2.54. The average molecular weight is 368 g/mol. The van der Waals surface area contributed by atoms with Crippen molar-refractivity contribution in [1.29, 1.82) is 0 Å². The van der Waals surface area contributed by atoms with Crippen LogP contribution in [0.5, 0.6) is 0 Å². The Morgan fingerprint density at radius 1 is 1.27 bits per heavy atom. The highest BCUT2D eigenvalue weighted by Crippen LogP contribution is 2.30. The zero-order valence-corrected chi connectivity index (χ0v) is 15.4.